The van der Waals surface area contributed by atoms with Crippen LogP contribution in [0, 0.1) is 23.4 Å². The summed E-state index contributed by atoms with van der Waals surface area (Å²) in [5.41, 5.74) is 3.04. The van der Waals surface area contributed by atoms with E-state index in [1.165, 1.54) is 51.0 Å². The number of hydrogen-bond donors (Lipinski definition) is 0. The molecule has 40 heavy (non-hydrogen) atoms. The first-order valence-corrected chi connectivity index (χ1v) is 15.5. The molecule has 0 spiro atoms. The fraction of sp³-hybridized carbons (Fsp3) is 0.500. The fourth-order valence-corrected chi connectivity index (χ4v) is 6.07. The Kier molecular flexibility index (Phi) is 11.6. The van der Waals surface area contributed by atoms with Crippen LogP contribution < -0.4 is 4.74 Å². The summed E-state index contributed by atoms with van der Waals surface area (Å²) in [5, 5.41) is 0. The van der Waals surface area contributed by atoms with Gasteiger partial charge in [-0.25, -0.2) is 8.78 Å². The van der Waals surface area contributed by atoms with E-state index in [4.69, 9.17) is 4.74 Å². The van der Waals surface area contributed by atoms with Gasteiger partial charge in [-0.15, -0.1) is 0 Å². The summed E-state index contributed by atoms with van der Waals surface area (Å²) < 4.78 is 50.4. The van der Waals surface area contributed by atoms with Crippen molar-refractivity contribution in [2.75, 3.05) is 6.61 Å². The van der Waals surface area contributed by atoms with Crippen LogP contribution in [-0.2, 0) is 0 Å². The lowest BCUT2D eigenvalue weighted by molar-refractivity contribution is 0.285. The van der Waals surface area contributed by atoms with Crippen LogP contribution in [0.15, 0.2) is 54.6 Å². The molecule has 0 radical (unpaired) electrons. The molecule has 4 rings (SSSR count). The lowest BCUT2D eigenvalue weighted by Crippen LogP contribution is -2.13. The van der Waals surface area contributed by atoms with E-state index < -0.39 is 11.6 Å². The summed E-state index contributed by atoms with van der Waals surface area (Å²) in [6.07, 6.45) is 15.3. The van der Waals surface area contributed by atoms with Gasteiger partial charge >= 0.3 is 0 Å². The number of benzene rings is 3. The summed E-state index contributed by atoms with van der Waals surface area (Å²) in [6, 6.07) is 15.6. The Morgan fingerprint density at radius 1 is 0.650 bits per heavy atom. The van der Waals surface area contributed by atoms with E-state index in [1.807, 2.05) is 6.07 Å². The quantitative estimate of drug-likeness (QED) is 0.181. The Morgan fingerprint density at radius 2 is 1.27 bits per heavy atom. The highest BCUT2D eigenvalue weighted by molar-refractivity contribution is 5.71. The maximum Gasteiger partial charge on any atom is 0.201 e. The summed E-state index contributed by atoms with van der Waals surface area (Å²) in [5.74, 6) is -0.921. The van der Waals surface area contributed by atoms with Crippen LogP contribution in [0.2, 0.25) is 0 Å². The molecule has 1 aliphatic rings. The first-order valence-electron chi connectivity index (χ1n) is 15.5. The molecular formula is C36H45F3O. The zero-order chi connectivity index (χ0) is 28.3. The van der Waals surface area contributed by atoms with Crippen LogP contribution in [0.3, 0.4) is 0 Å². The van der Waals surface area contributed by atoms with Crippen molar-refractivity contribution < 1.29 is 17.9 Å². The average molecular weight is 551 g/mol. The van der Waals surface area contributed by atoms with Crippen molar-refractivity contribution in [3.63, 3.8) is 0 Å². The van der Waals surface area contributed by atoms with E-state index in [2.05, 4.69) is 19.9 Å². The van der Waals surface area contributed by atoms with Crippen molar-refractivity contribution in [2.24, 2.45) is 5.92 Å². The molecule has 4 heteroatoms. The molecule has 0 aliphatic heterocycles. The van der Waals surface area contributed by atoms with Crippen molar-refractivity contribution >= 4 is 0 Å². The largest absolute Gasteiger partial charge is 0.490 e. The van der Waals surface area contributed by atoms with Gasteiger partial charge in [0.05, 0.1) is 6.61 Å². The zero-order valence-corrected chi connectivity index (χ0v) is 24.3. The molecule has 0 N–H and O–H groups in total. The lowest BCUT2D eigenvalue weighted by Gasteiger charge is -2.29. The van der Waals surface area contributed by atoms with Crippen molar-refractivity contribution in [3.05, 3.63) is 77.6 Å². The van der Waals surface area contributed by atoms with Gasteiger partial charge in [-0.2, -0.15) is 4.39 Å². The third kappa shape index (κ3) is 7.92. The predicted molar refractivity (Wildman–Crippen MR) is 160 cm³/mol. The first-order chi connectivity index (χ1) is 19.5. The number of unbranched alkanes of at least 4 members (excludes halogenated alkanes) is 6. The highest BCUT2D eigenvalue weighted by Gasteiger charge is 2.23. The standard InChI is InChI=1S/C36H45F3O/c1-3-5-7-8-10-24-40-34-23-22-32(35(38)36(34)39)29-18-16-28(17-19-29)31-21-20-30(25-33(31)37)27-14-12-26(13-15-27)11-9-6-4-2/h16-23,25-27H,3-15,24H2,1-2H3. The highest BCUT2D eigenvalue weighted by Crippen LogP contribution is 2.39. The Morgan fingerprint density at radius 3 is 1.95 bits per heavy atom. The maximum absolute atomic E-state index is 15.2. The maximum atomic E-state index is 15.2. The SMILES string of the molecule is CCCCCCCOc1ccc(-c2ccc(-c3ccc(C4CCC(CCCCC)CC4)cc3F)cc2)c(F)c1F. The number of ether oxygens (including phenoxy) is 1. The molecule has 1 nitrogen and oxygen atoms in total. The lowest BCUT2D eigenvalue weighted by atomic mass is 9.77. The second kappa shape index (κ2) is 15.3. The van der Waals surface area contributed by atoms with Crippen molar-refractivity contribution in [1.82, 2.24) is 0 Å². The van der Waals surface area contributed by atoms with E-state index >= 15 is 4.39 Å². The van der Waals surface area contributed by atoms with Crippen molar-refractivity contribution in [3.8, 4) is 28.0 Å². The molecule has 0 bridgehead atoms. The predicted octanol–water partition coefficient (Wildman–Crippen LogP) is 11.6. The topological polar surface area (TPSA) is 9.23 Å². The summed E-state index contributed by atoms with van der Waals surface area (Å²) >= 11 is 0. The van der Waals surface area contributed by atoms with E-state index in [-0.39, 0.29) is 17.1 Å². The third-order valence-electron chi connectivity index (χ3n) is 8.59. The Hall–Kier alpha value is -2.75. The van der Waals surface area contributed by atoms with Crippen LogP contribution in [0.1, 0.15) is 109 Å². The molecule has 1 fully saturated rings. The van der Waals surface area contributed by atoms with Gasteiger partial charge in [0.1, 0.15) is 5.82 Å². The monoisotopic (exact) mass is 550 g/mol. The van der Waals surface area contributed by atoms with E-state index in [9.17, 15) is 8.78 Å². The van der Waals surface area contributed by atoms with Crippen molar-refractivity contribution in [1.29, 1.82) is 0 Å². The normalized spacial score (nSPS) is 17.2. The Balaban J connectivity index is 1.37. The molecule has 0 unspecified atom stereocenters. The second-order valence-corrected chi connectivity index (χ2v) is 11.5. The molecule has 3 aromatic carbocycles. The minimum absolute atomic E-state index is 0.0551. The highest BCUT2D eigenvalue weighted by atomic mass is 19.2. The summed E-state index contributed by atoms with van der Waals surface area (Å²) in [7, 11) is 0. The van der Waals surface area contributed by atoms with Crippen LogP contribution >= 0.6 is 0 Å². The minimum atomic E-state index is -0.966. The third-order valence-corrected chi connectivity index (χ3v) is 8.59. The molecule has 0 atom stereocenters. The molecule has 0 amide bonds. The van der Waals surface area contributed by atoms with E-state index in [0.29, 0.717) is 23.7 Å². The molecule has 1 saturated carbocycles. The fourth-order valence-electron chi connectivity index (χ4n) is 6.07. The number of rotatable bonds is 14. The van der Waals surface area contributed by atoms with Crippen molar-refractivity contribution in [2.45, 2.75) is 103 Å². The average Bonchev–Trinajstić information content (AvgIpc) is 2.98. The minimum Gasteiger partial charge on any atom is -0.490 e. The Bertz CT molecular complexity index is 1200. The van der Waals surface area contributed by atoms with Gasteiger partial charge in [-0.05, 0) is 78.8 Å². The molecule has 216 valence electrons. The summed E-state index contributed by atoms with van der Waals surface area (Å²) in [6.45, 7) is 4.77. The van der Waals surface area contributed by atoms with Gasteiger partial charge < -0.3 is 4.74 Å². The van der Waals surface area contributed by atoms with Gasteiger partial charge in [0.2, 0.25) is 5.82 Å². The number of halogens is 3. The van der Waals surface area contributed by atoms with Gasteiger partial charge in [0.15, 0.2) is 11.6 Å². The molecule has 0 aromatic heterocycles. The first kappa shape index (κ1) is 30.2. The molecule has 1 aliphatic carbocycles. The van der Waals surface area contributed by atoms with E-state index in [1.54, 1.807) is 36.4 Å². The zero-order valence-electron chi connectivity index (χ0n) is 24.3. The number of hydrogen-bond acceptors (Lipinski definition) is 1. The van der Waals surface area contributed by atoms with Crippen LogP contribution in [-0.4, -0.2) is 6.61 Å². The molecular weight excluding hydrogens is 505 g/mol. The van der Waals surface area contributed by atoms with Gasteiger partial charge in [0, 0.05) is 11.1 Å². The van der Waals surface area contributed by atoms with E-state index in [0.717, 1.165) is 55.6 Å². The molecule has 3 aromatic rings. The van der Waals surface area contributed by atoms with Crippen LogP contribution in [0.25, 0.3) is 22.3 Å². The van der Waals surface area contributed by atoms with Gasteiger partial charge in [0.25, 0.3) is 0 Å². The Labute approximate surface area is 239 Å². The smallest absolute Gasteiger partial charge is 0.201 e. The summed E-state index contributed by atoms with van der Waals surface area (Å²) in [4.78, 5) is 0. The van der Waals surface area contributed by atoms with Gasteiger partial charge in [-0.1, -0.05) is 102 Å². The van der Waals surface area contributed by atoms with Gasteiger partial charge in [-0.3, -0.25) is 0 Å². The second-order valence-electron chi connectivity index (χ2n) is 11.5. The molecule has 0 saturated heterocycles. The van der Waals surface area contributed by atoms with Crippen LogP contribution in [0.4, 0.5) is 13.2 Å². The molecule has 0 heterocycles. The van der Waals surface area contributed by atoms with Crippen LogP contribution in [0.5, 0.6) is 5.75 Å².